The summed E-state index contributed by atoms with van der Waals surface area (Å²) in [6.07, 6.45) is 5.36. The second-order valence-electron chi connectivity index (χ2n) is 10.6. The first-order valence-electron chi connectivity index (χ1n) is 12.9. The lowest BCUT2D eigenvalue weighted by Crippen LogP contribution is -2.42. The SMILES string of the molecule is CC1CCCCN1C(=O)c1nc(C(=O)NCC(C)(C)O)sc1-c1cnc(NC2CCCC2)cc1C(F)F. The number of carbonyl (C=O) groups is 2. The summed E-state index contributed by atoms with van der Waals surface area (Å²) in [4.78, 5) is 37.1. The van der Waals surface area contributed by atoms with Crippen molar-refractivity contribution >= 4 is 29.0 Å². The molecule has 11 heteroatoms. The lowest BCUT2D eigenvalue weighted by molar-refractivity contribution is 0.0630. The third kappa shape index (κ3) is 6.62. The zero-order chi connectivity index (χ0) is 26.7. The molecule has 0 aromatic carbocycles. The third-order valence-corrected chi connectivity index (χ3v) is 7.98. The summed E-state index contributed by atoms with van der Waals surface area (Å²) >= 11 is 0.889. The van der Waals surface area contributed by atoms with Gasteiger partial charge >= 0.3 is 0 Å². The molecule has 1 unspecified atom stereocenters. The van der Waals surface area contributed by atoms with Gasteiger partial charge in [-0.25, -0.2) is 18.7 Å². The van der Waals surface area contributed by atoms with E-state index in [1.807, 2.05) is 6.92 Å². The van der Waals surface area contributed by atoms with Crippen molar-refractivity contribution in [3.05, 3.63) is 28.5 Å². The highest BCUT2D eigenvalue weighted by molar-refractivity contribution is 7.17. The highest BCUT2D eigenvalue weighted by Crippen LogP contribution is 2.39. The number of halogens is 2. The summed E-state index contributed by atoms with van der Waals surface area (Å²) in [5.74, 6) is -0.588. The van der Waals surface area contributed by atoms with Gasteiger partial charge in [0.2, 0.25) is 0 Å². The lowest BCUT2D eigenvalue weighted by Gasteiger charge is -2.33. The van der Waals surface area contributed by atoms with E-state index >= 15 is 0 Å². The number of thiazole rings is 1. The van der Waals surface area contributed by atoms with Crippen molar-refractivity contribution < 1.29 is 23.5 Å². The Morgan fingerprint density at radius 3 is 2.57 bits per heavy atom. The number of carbonyl (C=O) groups excluding carboxylic acids is 2. The molecule has 1 saturated carbocycles. The molecule has 0 bridgehead atoms. The Morgan fingerprint density at radius 2 is 1.92 bits per heavy atom. The highest BCUT2D eigenvalue weighted by Gasteiger charge is 2.32. The minimum absolute atomic E-state index is 0.0195. The molecule has 1 atom stereocenters. The standard InChI is InChI=1S/C26H35F2N5O3S/c1-15-8-6-7-11-33(15)25(35)20-21(37-24(32-20)23(34)30-14-26(2,3)36)18-13-29-19(12-17(18)22(27)28)31-16-9-4-5-10-16/h12-13,15-16,22,36H,4-11,14H2,1-3H3,(H,29,31)(H,30,34). The van der Waals surface area contributed by atoms with Crippen LogP contribution in [-0.2, 0) is 0 Å². The largest absolute Gasteiger partial charge is 0.389 e. The van der Waals surface area contributed by atoms with E-state index in [0.29, 0.717) is 12.4 Å². The number of aliphatic hydroxyl groups is 1. The Labute approximate surface area is 219 Å². The second-order valence-corrected chi connectivity index (χ2v) is 11.6. The van der Waals surface area contributed by atoms with Crippen LogP contribution in [0.25, 0.3) is 10.4 Å². The fourth-order valence-corrected chi connectivity index (χ4v) is 5.86. The molecule has 4 rings (SSSR count). The molecule has 8 nitrogen and oxygen atoms in total. The molecule has 1 aliphatic heterocycles. The fraction of sp³-hybridized carbons (Fsp3) is 0.615. The van der Waals surface area contributed by atoms with Crippen LogP contribution in [0.2, 0.25) is 0 Å². The van der Waals surface area contributed by atoms with Gasteiger partial charge in [-0.15, -0.1) is 11.3 Å². The van der Waals surface area contributed by atoms with Crippen molar-refractivity contribution in [2.24, 2.45) is 0 Å². The molecule has 3 heterocycles. The predicted octanol–water partition coefficient (Wildman–Crippen LogP) is 5.01. The number of hydrogen-bond donors (Lipinski definition) is 3. The second kappa shape index (κ2) is 11.4. The van der Waals surface area contributed by atoms with Gasteiger partial charge in [0.05, 0.1) is 10.5 Å². The zero-order valence-electron chi connectivity index (χ0n) is 21.5. The summed E-state index contributed by atoms with van der Waals surface area (Å²) < 4.78 is 28.6. The summed E-state index contributed by atoms with van der Waals surface area (Å²) in [5, 5.41) is 15.8. The van der Waals surface area contributed by atoms with E-state index in [2.05, 4.69) is 20.6 Å². The topological polar surface area (TPSA) is 107 Å². The van der Waals surface area contributed by atoms with Crippen LogP contribution >= 0.6 is 11.3 Å². The van der Waals surface area contributed by atoms with Gasteiger partial charge in [0, 0.05) is 42.5 Å². The normalized spacial score (nSPS) is 18.9. The van der Waals surface area contributed by atoms with E-state index in [-0.39, 0.29) is 51.2 Å². The maximum Gasteiger partial charge on any atom is 0.280 e. The number of piperidine rings is 1. The van der Waals surface area contributed by atoms with Gasteiger partial charge in [0.15, 0.2) is 5.01 Å². The number of anilines is 1. The quantitative estimate of drug-likeness (QED) is 0.439. The first-order chi connectivity index (χ1) is 17.5. The van der Waals surface area contributed by atoms with Crippen LogP contribution in [0.15, 0.2) is 12.3 Å². The van der Waals surface area contributed by atoms with Crippen molar-refractivity contribution in [1.82, 2.24) is 20.2 Å². The summed E-state index contributed by atoms with van der Waals surface area (Å²) in [5.41, 5.74) is -1.33. The van der Waals surface area contributed by atoms with Crippen LogP contribution in [0.5, 0.6) is 0 Å². The van der Waals surface area contributed by atoms with Gasteiger partial charge < -0.3 is 20.6 Å². The number of nitrogens with zero attached hydrogens (tertiary/aromatic N) is 3. The van der Waals surface area contributed by atoms with Crippen LogP contribution in [0.3, 0.4) is 0 Å². The van der Waals surface area contributed by atoms with Crippen LogP contribution < -0.4 is 10.6 Å². The average molecular weight is 536 g/mol. The van der Waals surface area contributed by atoms with Gasteiger partial charge in [0.25, 0.3) is 18.2 Å². The van der Waals surface area contributed by atoms with Crippen molar-refractivity contribution in [1.29, 1.82) is 0 Å². The molecular formula is C26H35F2N5O3S. The molecule has 0 spiro atoms. The Kier molecular flexibility index (Phi) is 8.42. The summed E-state index contributed by atoms with van der Waals surface area (Å²) in [7, 11) is 0. The number of alkyl halides is 2. The molecule has 2 amide bonds. The molecule has 2 aromatic rings. The van der Waals surface area contributed by atoms with E-state index < -0.39 is 17.9 Å². The number of rotatable bonds is 8. The highest BCUT2D eigenvalue weighted by atomic mass is 32.1. The van der Waals surface area contributed by atoms with E-state index in [4.69, 9.17) is 0 Å². The molecule has 3 N–H and O–H groups in total. The molecule has 37 heavy (non-hydrogen) atoms. The first kappa shape index (κ1) is 27.4. The van der Waals surface area contributed by atoms with E-state index in [0.717, 1.165) is 56.3 Å². The van der Waals surface area contributed by atoms with E-state index in [9.17, 15) is 23.5 Å². The maximum absolute atomic E-state index is 14.3. The van der Waals surface area contributed by atoms with Crippen LogP contribution in [0.1, 0.15) is 98.0 Å². The summed E-state index contributed by atoms with van der Waals surface area (Å²) in [6, 6.07) is 1.52. The van der Waals surface area contributed by atoms with Gasteiger partial charge in [-0.1, -0.05) is 12.8 Å². The number of likely N-dealkylation sites (tertiary alicyclic amines) is 1. The summed E-state index contributed by atoms with van der Waals surface area (Å²) in [6.45, 7) is 5.57. The van der Waals surface area contributed by atoms with Crippen molar-refractivity contribution in [2.45, 2.75) is 89.8 Å². The Hall–Kier alpha value is -2.66. The third-order valence-electron chi connectivity index (χ3n) is 6.89. The molecular weight excluding hydrogens is 500 g/mol. The van der Waals surface area contributed by atoms with Crippen LogP contribution in [0, 0.1) is 0 Å². The maximum atomic E-state index is 14.3. The van der Waals surface area contributed by atoms with Gasteiger partial charge in [0.1, 0.15) is 11.5 Å². The molecule has 1 aliphatic carbocycles. The van der Waals surface area contributed by atoms with E-state index in [1.165, 1.54) is 12.3 Å². The van der Waals surface area contributed by atoms with E-state index in [1.54, 1.807) is 18.7 Å². The van der Waals surface area contributed by atoms with Crippen molar-refractivity contribution in [3.8, 4) is 10.4 Å². The number of hydrogen-bond acceptors (Lipinski definition) is 7. The van der Waals surface area contributed by atoms with Gasteiger partial charge in [-0.2, -0.15) is 0 Å². The number of amides is 2. The minimum atomic E-state index is -2.81. The molecule has 0 radical (unpaired) electrons. The lowest BCUT2D eigenvalue weighted by atomic mass is 10.0. The molecule has 2 aromatic heterocycles. The smallest absolute Gasteiger partial charge is 0.280 e. The average Bonchev–Trinajstić information content (AvgIpc) is 3.52. The van der Waals surface area contributed by atoms with Gasteiger partial charge in [-0.05, 0) is 58.9 Å². The van der Waals surface area contributed by atoms with Crippen LogP contribution in [-0.4, -0.2) is 62.6 Å². The first-order valence-corrected chi connectivity index (χ1v) is 13.7. The van der Waals surface area contributed by atoms with Crippen molar-refractivity contribution in [2.75, 3.05) is 18.4 Å². The minimum Gasteiger partial charge on any atom is -0.389 e. The molecule has 202 valence electrons. The Morgan fingerprint density at radius 1 is 1.22 bits per heavy atom. The molecule has 2 aliphatic rings. The van der Waals surface area contributed by atoms with Gasteiger partial charge in [-0.3, -0.25) is 9.59 Å². The fourth-order valence-electron chi connectivity index (χ4n) is 4.85. The Balaban J connectivity index is 1.73. The van der Waals surface area contributed by atoms with Crippen LogP contribution in [0.4, 0.5) is 14.6 Å². The van der Waals surface area contributed by atoms with Crippen molar-refractivity contribution in [3.63, 3.8) is 0 Å². The zero-order valence-corrected chi connectivity index (χ0v) is 22.3. The molecule has 1 saturated heterocycles. The number of aromatic nitrogens is 2. The molecule has 2 fully saturated rings. The number of pyridine rings is 1. The Bertz CT molecular complexity index is 1130. The predicted molar refractivity (Wildman–Crippen MR) is 139 cm³/mol. The number of nitrogens with one attached hydrogen (secondary N) is 2. The monoisotopic (exact) mass is 535 g/mol.